The molecule has 0 heterocycles. The quantitative estimate of drug-likeness (QED) is 0.225. The van der Waals surface area contributed by atoms with Gasteiger partial charge in [-0.25, -0.2) is 0 Å². The molecule has 0 aliphatic carbocycles. The van der Waals surface area contributed by atoms with E-state index >= 15 is 0 Å². The highest BCUT2D eigenvalue weighted by Gasteiger charge is 2.10. The Morgan fingerprint density at radius 2 is 2.00 bits per heavy atom. The summed E-state index contributed by atoms with van der Waals surface area (Å²) in [5, 5.41) is 3.67. The fourth-order valence-electron chi connectivity index (χ4n) is 1.95. The Bertz CT molecular complexity index is 185. The molecule has 0 spiro atoms. The van der Waals surface area contributed by atoms with Gasteiger partial charge in [0, 0.05) is 11.5 Å². The van der Waals surface area contributed by atoms with Gasteiger partial charge >= 0.3 is 0 Å². The minimum absolute atomic E-state index is 0.581. The van der Waals surface area contributed by atoms with Crippen molar-refractivity contribution in [3.63, 3.8) is 0 Å². The number of hydrogen-bond acceptors (Lipinski definition) is 1. The van der Waals surface area contributed by atoms with Gasteiger partial charge in [-0.05, 0) is 23.8 Å². The van der Waals surface area contributed by atoms with Gasteiger partial charge < -0.3 is 0 Å². The molecule has 0 aliphatic heterocycles. The van der Waals surface area contributed by atoms with Crippen LogP contribution in [0.2, 0.25) is 0 Å². The van der Waals surface area contributed by atoms with E-state index in [1.54, 1.807) is 0 Å². The lowest BCUT2D eigenvalue weighted by molar-refractivity contribution is 0.362. The van der Waals surface area contributed by atoms with Gasteiger partial charge in [-0.1, -0.05) is 58.0 Å². The highest BCUT2D eigenvalue weighted by atomic mass is 15.1. The molecule has 0 amide bonds. The molecule has 0 N–H and O–H groups in total. The molecular weight excluding hydrogens is 186 g/mol. The van der Waals surface area contributed by atoms with Gasteiger partial charge in [0.2, 0.25) is 0 Å². The molecule has 0 saturated carbocycles. The van der Waals surface area contributed by atoms with Gasteiger partial charge in [-0.2, -0.15) is 0 Å². The molecule has 0 rings (SSSR count). The fourth-order valence-corrected chi connectivity index (χ4v) is 1.95. The fraction of sp³-hybridized carbons (Fsp3) is 1.00. The van der Waals surface area contributed by atoms with E-state index in [9.17, 15) is 0 Å². The van der Waals surface area contributed by atoms with Crippen LogP contribution in [0.25, 0.3) is 10.4 Å². The molecule has 0 fully saturated rings. The summed E-state index contributed by atoms with van der Waals surface area (Å²) in [6.45, 7) is 7.40. The first-order valence-electron chi connectivity index (χ1n) is 6.25. The minimum atomic E-state index is 0.581. The third-order valence-corrected chi connectivity index (χ3v) is 3.02. The van der Waals surface area contributed by atoms with Crippen LogP contribution in [0.3, 0.4) is 0 Å². The zero-order valence-corrected chi connectivity index (χ0v) is 10.4. The van der Waals surface area contributed by atoms with E-state index in [4.69, 9.17) is 5.53 Å². The van der Waals surface area contributed by atoms with E-state index in [-0.39, 0.29) is 0 Å². The maximum Gasteiger partial charge on any atom is 0.0286 e. The Balaban J connectivity index is 3.69. The minimum Gasteiger partial charge on any atom is -0.0937 e. The van der Waals surface area contributed by atoms with Gasteiger partial charge in [0.15, 0.2) is 0 Å². The number of unbranched alkanes of at least 4 members (excludes halogenated alkanes) is 2. The summed E-state index contributed by atoms with van der Waals surface area (Å²) in [7, 11) is 0. The van der Waals surface area contributed by atoms with Crippen molar-refractivity contribution in [3.05, 3.63) is 10.4 Å². The van der Waals surface area contributed by atoms with Crippen LogP contribution in [-0.4, -0.2) is 6.54 Å². The lowest BCUT2D eigenvalue weighted by Crippen LogP contribution is -2.08. The summed E-state index contributed by atoms with van der Waals surface area (Å²) < 4.78 is 0. The number of azide groups is 1. The lowest BCUT2D eigenvalue weighted by atomic mass is 9.90. The lowest BCUT2D eigenvalue weighted by Gasteiger charge is -2.17. The van der Waals surface area contributed by atoms with Gasteiger partial charge in [-0.3, -0.25) is 0 Å². The predicted octanol–water partition coefficient (Wildman–Crippen LogP) is 4.93. The first kappa shape index (κ1) is 14.3. The van der Waals surface area contributed by atoms with E-state index in [0.29, 0.717) is 12.5 Å². The Morgan fingerprint density at radius 1 is 1.27 bits per heavy atom. The second kappa shape index (κ2) is 9.85. The molecular formula is C12H25N3. The van der Waals surface area contributed by atoms with Crippen molar-refractivity contribution >= 4 is 0 Å². The SMILES string of the molecule is CCCCCC(C)CC(CC)CN=[N+]=[N-]. The standard InChI is InChI=1S/C12H25N3/c1-4-6-7-8-11(3)9-12(5-2)10-14-15-13/h11-12H,4-10H2,1-3H3. The first-order chi connectivity index (χ1) is 7.24. The van der Waals surface area contributed by atoms with Gasteiger partial charge in [0.1, 0.15) is 0 Å². The molecule has 3 heteroatoms. The van der Waals surface area contributed by atoms with Gasteiger partial charge in [-0.15, -0.1) is 0 Å². The van der Waals surface area contributed by atoms with Crippen LogP contribution >= 0.6 is 0 Å². The molecule has 0 aliphatic rings. The van der Waals surface area contributed by atoms with Crippen molar-refractivity contribution in [2.24, 2.45) is 17.0 Å². The number of hydrogen-bond donors (Lipinski definition) is 0. The average Bonchev–Trinajstić information content (AvgIpc) is 2.24. The average molecular weight is 211 g/mol. The van der Waals surface area contributed by atoms with Crippen LogP contribution in [0.1, 0.15) is 59.3 Å². The molecule has 88 valence electrons. The summed E-state index contributed by atoms with van der Waals surface area (Å²) in [5.41, 5.74) is 8.28. The maximum atomic E-state index is 8.28. The molecule has 2 unspecified atom stereocenters. The van der Waals surface area contributed by atoms with Crippen molar-refractivity contribution in [2.45, 2.75) is 59.3 Å². The van der Waals surface area contributed by atoms with Crippen LogP contribution < -0.4 is 0 Å². The third kappa shape index (κ3) is 8.31. The monoisotopic (exact) mass is 211 g/mol. The van der Waals surface area contributed by atoms with Crippen LogP contribution in [0.4, 0.5) is 0 Å². The molecule has 0 aromatic rings. The van der Waals surface area contributed by atoms with E-state index in [2.05, 4.69) is 30.8 Å². The van der Waals surface area contributed by atoms with Crippen molar-refractivity contribution in [1.82, 2.24) is 0 Å². The Kier molecular flexibility index (Phi) is 9.40. The number of nitrogens with zero attached hydrogens (tertiary/aromatic N) is 3. The number of rotatable bonds is 9. The molecule has 0 aromatic carbocycles. The molecule has 3 nitrogen and oxygen atoms in total. The van der Waals surface area contributed by atoms with Crippen molar-refractivity contribution in [3.8, 4) is 0 Å². The second-order valence-electron chi connectivity index (χ2n) is 4.52. The Morgan fingerprint density at radius 3 is 2.53 bits per heavy atom. The summed E-state index contributed by atoms with van der Waals surface area (Å²) in [6, 6.07) is 0. The first-order valence-corrected chi connectivity index (χ1v) is 6.25. The Hall–Kier alpha value is -0.690. The van der Waals surface area contributed by atoms with Crippen LogP contribution in [0.15, 0.2) is 5.11 Å². The van der Waals surface area contributed by atoms with Crippen LogP contribution in [0.5, 0.6) is 0 Å². The van der Waals surface area contributed by atoms with E-state index in [1.165, 1.54) is 32.1 Å². The van der Waals surface area contributed by atoms with Gasteiger partial charge in [0.05, 0.1) is 0 Å². The zero-order valence-electron chi connectivity index (χ0n) is 10.4. The highest BCUT2D eigenvalue weighted by Crippen LogP contribution is 2.20. The van der Waals surface area contributed by atoms with Crippen molar-refractivity contribution in [1.29, 1.82) is 0 Å². The smallest absolute Gasteiger partial charge is 0.0286 e. The second-order valence-corrected chi connectivity index (χ2v) is 4.52. The summed E-state index contributed by atoms with van der Waals surface area (Å²) in [4.78, 5) is 2.83. The third-order valence-electron chi connectivity index (χ3n) is 3.02. The molecule has 2 atom stereocenters. The van der Waals surface area contributed by atoms with E-state index in [1.807, 2.05) is 0 Å². The van der Waals surface area contributed by atoms with Crippen LogP contribution in [0, 0.1) is 11.8 Å². The molecule has 0 aromatic heterocycles. The van der Waals surface area contributed by atoms with Crippen molar-refractivity contribution in [2.75, 3.05) is 6.54 Å². The maximum absolute atomic E-state index is 8.28. The van der Waals surface area contributed by atoms with Crippen LogP contribution in [-0.2, 0) is 0 Å². The highest BCUT2D eigenvalue weighted by molar-refractivity contribution is 4.65. The Labute approximate surface area is 93.9 Å². The van der Waals surface area contributed by atoms with E-state index in [0.717, 1.165) is 12.3 Å². The van der Waals surface area contributed by atoms with Crippen molar-refractivity contribution < 1.29 is 0 Å². The summed E-state index contributed by atoms with van der Waals surface area (Å²) in [6.07, 6.45) is 7.63. The van der Waals surface area contributed by atoms with E-state index < -0.39 is 0 Å². The predicted molar refractivity (Wildman–Crippen MR) is 65.7 cm³/mol. The molecule has 15 heavy (non-hydrogen) atoms. The molecule has 0 radical (unpaired) electrons. The normalized spacial score (nSPS) is 14.3. The zero-order chi connectivity index (χ0) is 11.5. The summed E-state index contributed by atoms with van der Waals surface area (Å²) in [5.74, 6) is 1.35. The largest absolute Gasteiger partial charge is 0.0937 e. The van der Waals surface area contributed by atoms with Gasteiger partial charge in [0.25, 0.3) is 0 Å². The summed E-state index contributed by atoms with van der Waals surface area (Å²) >= 11 is 0. The molecule has 0 saturated heterocycles. The molecule has 0 bridgehead atoms. The topological polar surface area (TPSA) is 48.8 Å².